The quantitative estimate of drug-likeness (QED) is 0.184. The first-order valence-electron chi connectivity index (χ1n) is 11.2. The Morgan fingerprint density at radius 2 is 1.38 bits per heavy atom. The molecule has 1 unspecified atom stereocenters. The van der Waals surface area contributed by atoms with Gasteiger partial charge in [-0.25, -0.2) is 4.79 Å². The lowest BCUT2D eigenvalue weighted by atomic mass is 9.80. The maximum absolute atomic E-state index is 13.5. The van der Waals surface area contributed by atoms with Crippen LogP contribution < -0.4 is 0 Å². The van der Waals surface area contributed by atoms with Crippen LogP contribution in [0.5, 0.6) is 0 Å². The summed E-state index contributed by atoms with van der Waals surface area (Å²) in [6, 6.07) is -0.493. The van der Waals surface area contributed by atoms with Crippen LogP contribution in [0.15, 0.2) is 73.4 Å². The maximum Gasteiger partial charge on any atom is 0.331 e. The molecule has 7 nitrogen and oxygen atoms in total. The van der Waals surface area contributed by atoms with E-state index in [1.165, 1.54) is 9.80 Å². The summed E-state index contributed by atoms with van der Waals surface area (Å²) >= 11 is 0. The van der Waals surface area contributed by atoms with Crippen LogP contribution in [0.3, 0.4) is 0 Å². The molecule has 1 atom stereocenters. The Kier molecular flexibility index (Phi) is 10.3. The van der Waals surface area contributed by atoms with Crippen LogP contribution in [0.2, 0.25) is 0 Å². The van der Waals surface area contributed by atoms with E-state index in [1.807, 2.05) is 0 Å². The van der Waals surface area contributed by atoms with E-state index in [1.54, 1.807) is 27.7 Å². The summed E-state index contributed by atoms with van der Waals surface area (Å²) in [6.45, 7) is 30.5. The fourth-order valence-electron chi connectivity index (χ4n) is 3.24. The number of amides is 3. The highest BCUT2D eigenvalue weighted by molar-refractivity contribution is 6.03. The predicted octanol–water partition coefficient (Wildman–Crippen LogP) is 5.30. The van der Waals surface area contributed by atoms with Crippen molar-refractivity contribution in [3.63, 3.8) is 0 Å². The molecule has 7 heteroatoms. The summed E-state index contributed by atoms with van der Waals surface area (Å²) < 4.78 is 11.2. The summed E-state index contributed by atoms with van der Waals surface area (Å²) in [7, 11) is 0. The zero-order valence-electron chi connectivity index (χ0n) is 21.1. The molecule has 1 aliphatic heterocycles. The molecule has 0 spiro atoms. The molecule has 34 heavy (non-hydrogen) atoms. The number of carbonyl (C=O) groups excluding carboxylic acids is 3. The van der Waals surface area contributed by atoms with Gasteiger partial charge in [0.05, 0.1) is 18.6 Å². The number of rotatable bonds is 15. The highest BCUT2D eigenvalue weighted by atomic mass is 16.5. The van der Waals surface area contributed by atoms with Crippen molar-refractivity contribution in [2.75, 3.05) is 26.3 Å². The summed E-state index contributed by atoms with van der Waals surface area (Å²) in [6.07, 6.45) is 0.819. The normalized spacial score (nSPS) is 17.9. The van der Waals surface area contributed by atoms with E-state index >= 15 is 0 Å². The first-order chi connectivity index (χ1) is 15.7. The lowest BCUT2D eigenvalue weighted by Crippen LogP contribution is -2.60. The predicted molar refractivity (Wildman–Crippen MR) is 135 cm³/mol. The molecule has 1 heterocycles. The molecule has 0 N–H and O–H groups in total. The van der Waals surface area contributed by atoms with Crippen LogP contribution in [0.1, 0.15) is 47.0 Å². The minimum atomic E-state index is -1.09. The second kappa shape index (κ2) is 12.2. The molecule has 0 bridgehead atoms. The van der Waals surface area contributed by atoms with Gasteiger partial charge in [-0.15, -0.1) is 0 Å². The van der Waals surface area contributed by atoms with Gasteiger partial charge in [-0.2, -0.15) is 0 Å². The molecule has 0 saturated carbocycles. The van der Waals surface area contributed by atoms with E-state index in [-0.39, 0.29) is 50.8 Å². The Morgan fingerprint density at radius 1 is 0.853 bits per heavy atom. The third-order valence-electron chi connectivity index (χ3n) is 5.82. The van der Waals surface area contributed by atoms with E-state index in [0.717, 1.165) is 0 Å². The number of hydrogen-bond donors (Lipinski definition) is 0. The largest absolute Gasteiger partial charge is 0.494 e. The molecule has 0 aromatic rings. The topological polar surface area (TPSA) is 76.2 Å². The fourth-order valence-corrected chi connectivity index (χ4v) is 3.24. The average molecular weight is 471 g/mol. The average Bonchev–Trinajstić information content (AvgIpc) is 2.76. The van der Waals surface area contributed by atoms with Gasteiger partial charge < -0.3 is 9.47 Å². The summed E-state index contributed by atoms with van der Waals surface area (Å²) in [5, 5.41) is 0. The SMILES string of the molecule is C=C(C)C(=C)OCCN1C(=C)C(C)(CCOC(=C)C(=C)C)C(=O)N(CCCC(=O)C(=C)C)C1=O. The van der Waals surface area contributed by atoms with E-state index in [9.17, 15) is 14.4 Å². The van der Waals surface area contributed by atoms with E-state index in [0.29, 0.717) is 40.4 Å². The second-order valence-electron chi connectivity index (χ2n) is 8.83. The molecule has 3 amide bonds. The standard InChI is InChI=1S/C27H38N2O5/c1-18(2)21(7)33-16-13-27(10)23(9)28(15-17-34-22(8)19(3)4)26(32)29(25(27)31)14-11-12-24(30)20(5)6/h1,3,5,7-9,11-17H2,2,4,6,10H3. The number of allylic oxidation sites excluding steroid dienone is 3. The van der Waals surface area contributed by atoms with E-state index < -0.39 is 11.4 Å². The lowest BCUT2D eigenvalue weighted by molar-refractivity contribution is -0.141. The Hall–Kier alpha value is -3.35. The van der Waals surface area contributed by atoms with E-state index in [2.05, 4.69) is 39.5 Å². The number of carbonyl (C=O) groups is 3. The lowest BCUT2D eigenvalue weighted by Gasteiger charge is -2.45. The first-order valence-corrected chi connectivity index (χ1v) is 11.2. The van der Waals surface area contributed by atoms with Gasteiger partial charge in [0.15, 0.2) is 5.78 Å². The van der Waals surface area contributed by atoms with E-state index in [4.69, 9.17) is 9.47 Å². The zero-order valence-corrected chi connectivity index (χ0v) is 21.1. The van der Waals surface area contributed by atoms with Gasteiger partial charge >= 0.3 is 6.03 Å². The Balaban J connectivity index is 3.08. The third-order valence-corrected chi connectivity index (χ3v) is 5.82. The highest BCUT2D eigenvalue weighted by Gasteiger charge is 2.50. The number of ether oxygens (including phenoxy) is 2. The van der Waals surface area contributed by atoms with Gasteiger partial charge in [0.1, 0.15) is 18.1 Å². The van der Waals surface area contributed by atoms with Crippen LogP contribution >= 0.6 is 0 Å². The van der Waals surface area contributed by atoms with Gasteiger partial charge in [0, 0.05) is 25.1 Å². The highest BCUT2D eigenvalue weighted by Crippen LogP contribution is 2.39. The number of hydrogen-bond acceptors (Lipinski definition) is 5. The van der Waals surface area contributed by atoms with Crippen molar-refractivity contribution in [3.05, 3.63) is 73.4 Å². The van der Waals surface area contributed by atoms with Crippen LogP contribution in [-0.4, -0.2) is 53.8 Å². The van der Waals surface area contributed by atoms with Crippen molar-refractivity contribution in [2.45, 2.75) is 47.0 Å². The smallest absolute Gasteiger partial charge is 0.331 e. The molecule has 1 rings (SSSR count). The third kappa shape index (κ3) is 7.07. The summed E-state index contributed by atoms with van der Waals surface area (Å²) in [4.78, 5) is 41.3. The minimum absolute atomic E-state index is 0.0978. The number of nitrogens with zero attached hydrogens (tertiary/aromatic N) is 2. The van der Waals surface area contributed by atoms with Crippen LogP contribution in [-0.2, 0) is 19.1 Å². The van der Waals surface area contributed by atoms with Crippen molar-refractivity contribution in [2.24, 2.45) is 5.41 Å². The van der Waals surface area contributed by atoms with Gasteiger partial charge in [-0.3, -0.25) is 19.4 Å². The summed E-state index contributed by atoms with van der Waals surface area (Å²) in [5.41, 5.74) is 1.09. The second-order valence-corrected chi connectivity index (χ2v) is 8.83. The number of urea groups is 1. The molecule has 186 valence electrons. The first kappa shape index (κ1) is 28.7. The molecule has 0 radical (unpaired) electrons. The van der Waals surface area contributed by atoms with Crippen LogP contribution in [0.25, 0.3) is 0 Å². The number of ketones is 1. The Bertz CT molecular complexity index is 873. The monoisotopic (exact) mass is 470 g/mol. The Labute approximate surface area is 203 Å². The molecule has 1 fully saturated rings. The molecule has 0 aromatic carbocycles. The van der Waals surface area contributed by atoms with Crippen LogP contribution in [0.4, 0.5) is 4.79 Å². The minimum Gasteiger partial charge on any atom is -0.494 e. The molecule has 0 aromatic heterocycles. The molecule has 0 aliphatic carbocycles. The van der Waals surface area contributed by atoms with Crippen molar-refractivity contribution < 1.29 is 23.9 Å². The summed E-state index contributed by atoms with van der Waals surface area (Å²) in [5.74, 6) is 0.390. The van der Waals surface area contributed by atoms with Crippen molar-refractivity contribution in [3.8, 4) is 0 Å². The molecular weight excluding hydrogens is 432 g/mol. The van der Waals surface area contributed by atoms with Gasteiger partial charge in [-0.05, 0) is 50.8 Å². The fraction of sp³-hybridized carbons (Fsp3) is 0.444. The Morgan fingerprint density at radius 3 is 1.88 bits per heavy atom. The van der Waals surface area contributed by atoms with Crippen LogP contribution in [0, 0.1) is 5.41 Å². The zero-order chi connectivity index (χ0) is 26.2. The van der Waals surface area contributed by atoms with Gasteiger partial charge in [0.2, 0.25) is 5.91 Å². The number of Topliss-reactive ketones (excluding diaryl/α,β-unsaturated/α-hetero) is 1. The molecular formula is C27H38N2O5. The van der Waals surface area contributed by atoms with Crippen molar-refractivity contribution in [1.29, 1.82) is 0 Å². The molecule has 1 saturated heterocycles. The maximum atomic E-state index is 13.5. The number of imide groups is 1. The van der Waals surface area contributed by atoms with Gasteiger partial charge in [0.25, 0.3) is 0 Å². The van der Waals surface area contributed by atoms with Crippen molar-refractivity contribution in [1.82, 2.24) is 9.80 Å². The van der Waals surface area contributed by atoms with Crippen molar-refractivity contribution >= 4 is 17.7 Å². The molecule has 1 aliphatic rings. The van der Waals surface area contributed by atoms with Gasteiger partial charge in [-0.1, -0.05) is 39.5 Å².